The number of hydrogen-bond acceptors (Lipinski definition) is 4. The zero-order valence-corrected chi connectivity index (χ0v) is 12.1. The molecule has 2 atom stereocenters. The molecule has 5 heteroatoms. The summed E-state index contributed by atoms with van der Waals surface area (Å²) in [6, 6.07) is 5.50. The summed E-state index contributed by atoms with van der Waals surface area (Å²) >= 11 is 1.87. The molecular formula is C14H20N2O2S. The number of nitrogen functional groups attached to an aromatic ring is 1. The number of amides is 1. The van der Waals surface area contributed by atoms with Gasteiger partial charge in [0.15, 0.2) is 0 Å². The first-order valence-electron chi connectivity index (χ1n) is 6.41. The summed E-state index contributed by atoms with van der Waals surface area (Å²) in [5.74, 6) is 0.388. The normalized spacial score (nSPS) is 22.2. The van der Waals surface area contributed by atoms with Crippen LogP contribution in [0.4, 0.5) is 5.69 Å². The monoisotopic (exact) mass is 280 g/mol. The van der Waals surface area contributed by atoms with E-state index in [1.807, 2.05) is 11.8 Å². The molecule has 1 aliphatic rings. The molecule has 0 radical (unpaired) electrons. The Balaban J connectivity index is 2.08. The number of nitrogens with one attached hydrogen (secondary N) is 1. The van der Waals surface area contributed by atoms with Gasteiger partial charge in [0.2, 0.25) is 0 Å². The third kappa shape index (κ3) is 3.15. The molecular weight excluding hydrogens is 260 g/mol. The number of thioether (sulfide) groups is 1. The standard InChI is InChI=1S/C14H20N2O2S/c1-18-12-5-3-4-11(15)13(12)14(17)16-9-6-7-10(8-9)19-2/h3-5,9-10H,6-8,15H2,1-2H3,(H,16,17). The maximum absolute atomic E-state index is 12.3. The highest BCUT2D eigenvalue weighted by Crippen LogP contribution is 2.29. The van der Waals surface area contributed by atoms with Crippen LogP contribution in [-0.2, 0) is 0 Å². The molecule has 2 rings (SSSR count). The first kappa shape index (κ1) is 14.1. The average Bonchev–Trinajstić information content (AvgIpc) is 2.85. The zero-order valence-electron chi connectivity index (χ0n) is 11.3. The SMILES string of the molecule is COc1cccc(N)c1C(=O)NC1CCC(SC)C1. The van der Waals surface area contributed by atoms with Gasteiger partial charge in [-0.2, -0.15) is 11.8 Å². The van der Waals surface area contributed by atoms with Crippen LogP contribution < -0.4 is 15.8 Å². The van der Waals surface area contributed by atoms with Crippen molar-refractivity contribution in [3.8, 4) is 5.75 Å². The number of methoxy groups -OCH3 is 1. The molecule has 0 aliphatic heterocycles. The predicted octanol–water partition coefficient (Wildman–Crippen LogP) is 2.29. The van der Waals surface area contributed by atoms with Gasteiger partial charge in [0.1, 0.15) is 11.3 Å². The molecule has 1 saturated carbocycles. The second-order valence-corrected chi connectivity index (χ2v) is 5.90. The summed E-state index contributed by atoms with van der Waals surface area (Å²) in [6.45, 7) is 0. The van der Waals surface area contributed by atoms with E-state index in [-0.39, 0.29) is 11.9 Å². The van der Waals surface area contributed by atoms with Gasteiger partial charge in [0.25, 0.3) is 5.91 Å². The highest BCUT2D eigenvalue weighted by molar-refractivity contribution is 7.99. The number of nitrogens with two attached hydrogens (primary N) is 1. The van der Waals surface area contributed by atoms with E-state index in [0.29, 0.717) is 22.3 Å². The van der Waals surface area contributed by atoms with Crippen LogP contribution in [0.2, 0.25) is 0 Å². The van der Waals surface area contributed by atoms with Crippen molar-refractivity contribution in [1.82, 2.24) is 5.32 Å². The molecule has 104 valence electrons. The van der Waals surface area contributed by atoms with Crippen LogP contribution in [0.3, 0.4) is 0 Å². The van der Waals surface area contributed by atoms with Crippen molar-refractivity contribution >= 4 is 23.4 Å². The Morgan fingerprint density at radius 2 is 2.26 bits per heavy atom. The lowest BCUT2D eigenvalue weighted by molar-refractivity contribution is 0.0936. The topological polar surface area (TPSA) is 64.3 Å². The Morgan fingerprint density at radius 1 is 1.47 bits per heavy atom. The van der Waals surface area contributed by atoms with Gasteiger partial charge >= 0.3 is 0 Å². The van der Waals surface area contributed by atoms with Crippen molar-refractivity contribution in [3.63, 3.8) is 0 Å². The Bertz CT molecular complexity index is 465. The van der Waals surface area contributed by atoms with Crippen LogP contribution in [0.15, 0.2) is 18.2 Å². The maximum Gasteiger partial charge on any atom is 0.257 e. The minimum Gasteiger partial charge on any atom is -0.496 e. The molecule has 0 bridgehead atoms. The summed E-state index contributed by atoms with van der Waals surface area (Å²) in [6.07, 6.45) is 5.34. The molecule has 1 amide bonds. The summed E-state index contributed by atoms with van der Waals surface area (Å²) < 4.78 is 5.21. The van der Waals surface area contributed by atoms with Crippen LogP contribution in [-0.4, -0.2) is 30.6 Å². The Hall–Kier alpha value is -1.36. The van der Waals surface area contributed by atoms with Gasteiger partial charge in [0.05, 0.1) is 7.11 Å². The lowest BCUT2D eigenvalue weighted by atomic mass is 10.1. The smallest absolute Gasteiger partial charge is 0.257 e. The zero-order chi connectivity index (χ0) is 13.8. The number of anilines is 1. The Labute approximate surface area is 118 Å². The molecule has 0 saturated heterocycles. The van der Waals surface area contributed by atoms with Gasteiger partial charge < -0.3 is 15.8 Å². The minimum absolute atomic E-state index is 0.137. The van der Waals surface area contributed by atoms with E-state index < -0.39 is 0 Å². The second kappa shape index (κ2) is 6.19. The molecule has 1 aromatic rings. The number of hydrogen-bond donors (Lipinski definition) is 2. The van der Waals surface area contributed by atoms with E-state index >= 15 is 0 Å². The number of carbonyl (C=O) groups is 1. The van der Waals surface area contributed by atoms with Crippen LogP contribution in [0, 0.1) is 0 Å². The highest BCUT2D eigenvalue weighted by atomic mass is 32.2. The van der Waals surface area contributed by atoms with Crippen molar-refractivity contribution in [2.75, 3.05) is 19.1 Å². The van der Waals surface area contributed by atoms with Crippen LogP contribution in [0.5, 0.6) is 5.75 Å². The van der Waals surface area contributed by atoms with Crippen molar-refractivity contribution in [1.29, 1.82) is 0 Å². The van der Waals surface area contributed by atoms with E-state index in [2.05, 4.69) is 11.6 Å². The van der Waals surface area contributed by atoms with E-state index in [4.69, 9.17) is 10.5 Å². The van der Waals surface area contributed by atoms with E-state index in [9.17, 15) is 4.79 Å². The molecule has 0 spiro atoms. The second-order valence-electron chi connectivity index (χ2n) is 4.77. The van der Waals surface area contributed by atoms with E-state index in [0.717, 1.165) is 19.3 Å². The molecule has 19 heavy (non-hydrogen) atoms. The lowest BCUT2D eigenvalue weighted by Gasteiger charge is -2.15. The molecule has 3 N–H and O–H groups in total. The van der Waals surface area contributed by atoms with Crippen LogP contribution in [0.1, 0.15) is 29.6 Å². The summed E-state index contributed by atoms with van der Waals surface area (Å²) in [5.41, 5.74) is 6.78. The van der Waals surface area contributed by atoms with Crippen LogP contribution >= 0.6 is 11.8 Å². The summed E-state index contributed by atoms with van der Waals surface area (Å²) in [7, 11) is 1.55. The quantitative estimate of drug-likeness (QED) is 0.831. The lowest BCUT2D eigenvalue weighted by Crippen LogP contribution is -2.33. The minimum atomic E-state index is -0.137. The van der Waals surface area contributed by atoms with Crippen LogP contribution in [0.25, 0.3) is 0 Å². The van der Waals surface area contributed by atoms with Crippen molar-refractivity contribution in [2.24, 2.45) is 0 Å². The first-order chi connectivity index (χ1) is 9.15. The van der Waals surface area contributed by atoms with Gasteiger partial charge in [-0.05, 0) is 37.7 Å². The van der Waals surface area contributed by atoms with Crippen molar-refractivity contribution < 1.29 is 9.53 Å². The van der Waals surface area contributed by atoms with E-state index in [1.54, 1.807) is 25.3 Å². The maximum atomic E-state index is 12.3. The Morgan fingerprint density at radius 3 is 2.89 bits per heavy atom. The molecule has 4 nitrogen and oxygen atoms in total. The number of ether oxygens (including phenoxy) is 1. The van der Waals surface area contributed by atoms with Crippen molar-refractivity contribution in [2.45, 2.75) is 30.6 Å². The number of rotatable bonds is 4. The molecule has 0 aromatic heterocycles. The molecule has 2 unspecified atom stereocenters. The first-order valence-corrected chi connectivity index (χ1v) is 7.70. The van der Waals surface area contributed by atoms with Gasteiger partial charge in [-0.3, -0.25) is 4.79 Å². The van der Waals surface area contributed by atoms with Gasteiger partial charge in [0, 0.05) is 17.0 Å². The third-order valence-electron chi connectivity index (χ3n) is 3.56. The summed E-state index contributed by atoms with van der Waals surface area (Å²) in [5, 5.41) is 3.72. The van der Waals surface area contributed by atoms with Gasteiger partial charge in [-0.25, -0.2) is 0 Å². The molecule has 0 heterocycles. The number of carbonyl (C=O) groups excluding carboxylic acids is 1. The largest absolute Gasteiger partial charge is 0.496 e. The third-order valence-corrected chi connectivity index (χ3v) is 4.65. The molecule has 1 aromatic carbocycles. The molecule has 1 aliphatic carbocycles. The highest BCUT2D eigenvalue weighted by Gasteiger charge is 2.26. The number of benzene rings is 1. The van der Waals surface area contributed by atoms with E-state index in [1.165, 1.54) is 0 Å². The average molecular weight is 280 g/mol. The predicted molar refractivity (Wildman–Crippen MR) is 79.8 cm³/mol. The van der Waals surface area contributed by atoms with Crippen molar-refractivity contribution in [3.05, 3.63) is 23.8 Å². The summed E-state index contributed by atoms with van der Waals surface area (Å²) in [4.78, 5) is 12.3. The Kier molecular flexibility index (Phi) is 4.58. The van der Waals surface area contributed by atoms with Gasteiger partial charge in [-0.1, -0.05) is 6.07 Å². The fourth-order valence-electron chi connectivity index (χ4n) is 2.50. The molecule has 1 fully saturated rings. The van der Waals surface area contributed by atoms with Gasteiger partial charge in [-0.15, -0.1) is 0 Å². The fraction of sp³-hybridized carbons (Fsp3) is 0.500. The fourth-order valence-corrected chi connectivity index (χ4v) is 3.30.